The predicted molar refractivity (Wildman–Crippen MR) is 77.6 cm³/mol. The maximum absolute atomic E-state index is 6.22. The molecule has 0 aliphatic carbocycles. The molecule has 0 amide bonds. The molecule has 0 fully saturated rings. The zero-order valence-electron chi connectivity index (χ0n) is 11.2. The van der Waals surface area contributed by atoms with E-state index in [-0.39, 0.29) is 6.04 Å². The molecular weight excluding hydrogens is 218 g/mol. The fourth-order valence-electron chi connectivity index (χ4n) is 2.40. The van der Waals surface area contributed by atoms with E-state index in [1.54, 1.807) is 0 Å². The molecular formula is C17H21N. The lowest BCUT2D eigenvalue weighted by Crippen LogP contribution is -2.11. The first-order chi connectivity index (χ1) is 8.65. The summed E-state index contributed by atoms with van der Waals surface area (Å²) in [5.41, 5.74) is 11.5. The van der Waals surface area contributed by atoms with Crippen LogP contribution in [0.25, 0.3) is 0 Å². The van der Waals surface area contributed by atoms with E-state index in [0.29, 0.717) is 0 Å². The number of benzene rings is 2. The topological polar surface area (TPSA) is 26.0 Å². The highest BCUT2D eigenvalue weighted by atomic mass is 14.6. The monoisotopic (exact) mass is 239 g/mol. The molecule has 18 heavy (non-hydrogen) atoms. The molecule has 0 saturated carbocycles. The van der Waals surface area contributed by atoms with Gasteiger partial charge in [0.05, 0.1) is 0 Å². The molecule has 1 atom stereocenters. The van der Waals surface area contributed by atoms with Crippen LogP contribution < -0.4 is 5.73 Å². The molecule has 1 heteroatoms. The Morgan fingerprint density at radius 1 is 0.944 bits per heavy atom. The fraction of sp³-hybridized carbons (Fsp3) is 0.294. The van der Waals surface area contributed by atoms with Gasteiger partial charge in [0.25, 0.3) is 0 Å². The van der Waals surface area contributed by atoms with Crippen molar-refractivity contribution < 1.29 is 0 Å². The van der Waals surface area contributed by atoms with Gasteiger partial charge in [-0.15, -0.1) is 0 Å². The molecule has 0 saturated heterocycles. The van der Waals surface area contributed by atoms with Crippen molar-refractivity contribution in [1.82, 2.24) is 0 Å². The summed E-state index contributed by atoms with van der Waals surface area (Å²) in [6, 6.07) is 17.2. The Balaban J connectivity index is 1.99. The molecule has 1 unspecified atom stereocenters. The van der Waals surface area contributed by atoms with Crippen molar-refractivity contribution in [2.24, 2.45) is 5.73 Å². The van der Waals surface area contributed by atoms with E-state index < -0.39 is 0 Å². The number of hydrogen-bond donors (Lipinski definition) is 1. The zero-order valence-corrected chi connectivity index (χ0v) is 11.2. The maximum Gasteiger partial charge on any atom is 0.0298 e. The van der Waals surface area contributed by atoms with E-state index in [1.165, 1.54) is 22.3 Å². The van der Waals surface area contributed by atoms with Crippen LogP contribution in [0.3, 0.4) is 0 Å². The Bertz CT molecular complexity index is 482. The Hall–Kier alpha value is -1.60. The lowest BCUT2D eigenvalue weighted by molar-refractivity contribution is 0.651. The second-order valence-electron chi connectivity index (χ2n) is 5.05. The van der Waals surface area contributed by atoms with E-state index in [0.717, 1.165) is 12.8 Å². The summed E-state index contributed by atoms with van der Waals surface area (Å²) in [7, 11) is 0. The lowest BCUT2D eigenvalue weighted by atomic mass is 9.98. The lowest BCUT2D eigenvalue weighted by Gasteiger charge is -2.12. The molecule has 0 aliphatic heterocycles. The SMILES string of the molecule is Cc1cc(C)cc(CCC(N)c2ccccc2)c1. The minimum absolute atomic E-state index is 0.131. The van der Waals surface area contributed by atoms with Gasteiger partial charge in [-0.1, -0.05) is 59.7 Å². The van der Waals surface area contributed by atoms with Gasteiger partial charge in [-0.05, 0) is 37.8 Å². The summed E-state index contributed by atoms with van der Waals surface area (Å²) >= 11 is 0. The second-order valence-corrected chi connectivity index (χ2v) is 5.05. The van der Waals surface area contributed by atoms with Crippen molar-refractivity contribution in [3.63, 3.8) is 0 Å². The summed E-state index contributed by atoms with van der Waals surface area (Å²) in [6.45, 7) is 4.29. The molecule has 94 valence electrons. The summed E-state index contributed by atoms with van der Waals surface area (Å²) in [5, 5.41) is 0. The summed E-state index contributed by atoms with van der Waals surface area (Å²) in [4.78, 5) is 0. The average molecular weight is 239 g/mol. The molecule has 2 N–H and O–H groups in total. The van der Waals surface area contributed by atoms with Crippen LogP contribution in [0.1, 0.15) is 34.7 Å². The van der Waals surface area contributed by atoms with Crippen molar-refractivity contribution in [3.05, 3.63) is 70.8 Å². The third kappa shape index (κ3) is 3.44. The first kappa shape index (κ1) is 12.8. The second kappa shape index (κ2) is 5.83. The van der Waals surface area contributed by atoms with Crippen molar-refractivity contribution in [2.45, 2.75) is 32.7 Å². The third-order valence-electron chi connectivity index (χ3n) is 3.25. The van der Waals surface area contributed by atoms with Gasteiger partial charge >= 0.3 is 0 Å². The highest BCUT2D eigenvalue weighted by Crippen LogP contribution is 2.18. The van der Waals surface area contributed by atoms with Crippen LogP contribution >= 0.6 is 0 Å². The molecule has 2 aromatic carbocycles. The van der Waals surface area contributed by atoms with E-state index in [4.69, 9.17) is 5.73 Å². The molecule has 0 bridgehead atoms. The summed E-state index contributed by atoms with van der Waals surface area (Å²) < 4.78 is 0. The molecule has 0 heterocycles. The highest BCUT2D eigenvalue weighted by Gasteiger charge is 2.05. The van der Waals surface area contributed by atoms with Crippen LogP contribution in [-0.4, -0.2) is 0 Å². The Kier molecular flexibility index (Phi) is 4.16. The normalized spacial score (nSPS) is 12.4. The standard InChI is InChI=1S/C17H21N/c1-13-10-14(2)12-15(11-13)8-9-17(18)16-6-4-3-5-7-16/h3-7,10-12,17H,8-9,18H2,1-2H3. The quantitative estimate of drug-likeness (QED) is 0.859. The van der Waals surface area contributed by atoms with Gasteiger partial charge in [-0.2, -0.15) is 0 Å². The van der Waals surface area contributed by atoms with Gasteiger partial charge in [-0.3, -0.25) is 0 Å². The van der Waals surface area contributed by atoms with Crippen molar-refractivity contribution in [1.29, 1.82) is 0 Å². The molecule has 0 aromatic heterocycles. The summed E-state index contributed by atoms with van der Waals surface area (Å²) in [6.07, 6.45) is 2.03. The predicted octanol–water partition coefficient (Wildman–Crippen LogP) is 3.94. The average Bonchev–Trinajstić information content (AvgIpc) is 2.36. The van der Waals surface area contributed by atoms with E-state index in [2.05, 4.69) is 44.2 Å². The van der Waals surface area contributed by atoms with Crippen LogP contribution in [0.5, 0.6) is 0 Å². The molecule has 0 aliphatic rings. The zero-order chi connectivity index (χ0) is 13.0. The number of hydrogen-bond acceptors (Lipinski definition) is 1. The fourth-order valence-corrected chi connectivity index (χ4v) is 2.40. The minimum atomic E-state index is 0.131. The molecule has 0 spiro atoms. The van der Waals surface area contributed by atoms with Gasteiger partial charge in [0.1, 0.15) is 0 Å². The first-order valence-corrected chi connectivity index (χ1v) is 6.53. The van der Waals surface area contributed by atoms with Crippen molar-refractivity contribution >= 4 is 0 Å². The number of aryl methyl sites for hydroxylation is 3. The van der Waals surface area contributed by atoms with Crippen molar-refractivity contribution in [3.8, 4) is 0 Å². The largest absolute Gasteiger partial charge is 0.324 e. The van der Waals surface area contributed by atoms with Gasteiger partial charge in [-0.25, -0.2) is 0 Å². The van der Waals surface area contributed by atoms with Gasteiger partial charge in [0.15, 0.2) is 0 Å². The molecule has 0 radical (unpaired) electrons. The summed E-state index contributed by atoms with van der Waals surface area (Å²) in [5.74, 6) is 0. The van der Waals surface area contributed by atoms with Crippen molar-refractivity contribution in [2.75, 3.05) is 0 Å². The van der Waals surface area contributed by atoms with Crippen LogP contribution in [0, 0.1) is 13.8 Å². The Morgan fingerprint density at radius 3 is 2.17 bits per heavy atom. The van der Waals surface area contributed by atoms with Crippen LogP contribution in [0.4, 0.5) is 0 Å². The van der Waals surface area contributed by atoms with Crippen LogP contribution in [0.15, 0.2) is 48.5 Å². The Labute approximate surface area is 110 Å². The number of rotatable bonds is 4. The Morgan fingerprint density at radius 2 is 1.56 bits per heavy atom. The maximum atomic E-state index is 6.22. The van der Waals surface area contributed by atoms with Crippen LogP contribution in [0.2, 0.25) is 0 Å². The van der Waals surface area contributed by atoms with Gasteiger partial charge < -0.3 is 5.73 Å². The molecule has 2 aromatic rings. The van der Waals surface area contributed by atoms with Gasteiger partial charge in [0.2, 0.25) is 0 Å². The van der Waals surface area contributed by atoms with E-state index in [1.807, 2.05) is 18.2 Å². The van der Waals surface area contributed by atoms with E-state index >= 15 is 0 Å². The van der Waals surface area contributed by atoms with Gasteiger partial charge in [0, 0.05) is 6.04 Å². The smallest absolute Gasteiger partial charge is 0.0298 e. The first-order valence-electron chi connectivity index (χ1n) is 6.53. The third-order valence-corrected chi connectivity index (χ3v) is 3.25. The van der Waals surface area contributed by atoms with E-state index in [9.17, 15) is 0 Å². The molecule has 2 rings (SSSR count). The molecule has 1 nitrogen and oxygen atoms in total. The highest BCUT2D eigenvalue weighted by molar-refractivity contribution is 5.29. The number of nitrogens with two attached hydrogens (primary N) is 1. The van der Waals surface area contributed by atoms with Crippen LogP contribution in [-0.2, 0) is 6.42 Å². The minimum Gasteiger partial charge on any atom is -0.324 e.